The molecule has 2 heterocycles. The van der Waals surface area contributed by atoms with Gasteiger partial charge in [0.1, 0.15) is 0 Å². The first-order valence-corrected chi connectivity index (χ1v) is 7.77. The zero-order valence-electron chi connectivity index (χ0n) is 13.1. The van der Waals surface area contributed by atoms with Crippen molar-refractivity contribution in [2.45, 2.75) is 25.5 Å². The van der Waals surface area contributed by atoms with E-state index in [1.807, 2.05) is 62.4 Å². The molecule has 2 N–H and O–H groups in total. The molecule has 4 nitrogen and oxygen atoms in total. The van der Waals surface area contributed by atoms with Crippen molar-refractivity contribution >= 4 is 22.5 Å². The Bertz CT molecular complexity index is 912. The van der Waals surface area contributed by atoms with Crippen molar-refractivity contribution in [3.05, 3.63) is 65.9 Å². The Balaban J connectivity index is 2.02. The average molecular weight is 306 g/mol. The molecule has 0 saturated carbocycles. The molecule has 1 aliphatic rings. The van der Waals surface area contributed by atoms with Crippen molar-refractivity contribution in [1.29, 1.82) is 0 Å². The van der Waals surface area contributed by atoms with Gasteiger partial charge in [0.05, 0.1) is 5.69 Å². The fraction of sp³-hybridized carbons (Fsp3) is 0.211. The van der Waals surface area contributed by atoms with Gasteiger partial charge in [0.15, 0.2) is 5.60 Å². The van der Waals surface area contributed by atoms with Gasteiger partial charge in [-0.3, -0.25) is 4.79 Å². The van der Waals surface area contributed by atoms with Crippen LogP contribution in [0.25, 0.3) is 10.9 Å². The van der Waals surface area contributed by atoms with Crippen LogP contribution in [0.3, 0.4) is 0 Å². The molecular formula is C19H18N2O2. The lowest BCUT2D eigenvalue weighted by molar-refractivity contribution is -0.132. The number of H-pyrrole nitrogens is 1. The van der Waals surface area contributed by atoms with Gasteiger partial charge >= 0.3 is 0 Å². The van der Waals surface area contributed by atoms with Crippen LogP contribution in [0.15, 0.2) is 54.7 Å². The van der Waals surface area contributed by atoms with Gasteiger partial charge in [0, 0.05) is 34.3 Å². The third-order valence-electron chi connectivity index (χ3n) is 4.58. The summed E-state index contributed by atoms with van der Waals surface area (Å²) in [5.74, 6) is -0.293. The minimum absolute atomic E-state index is 0.0251. The minimum atomic E-state index is -1.65. The summed E-state index contributed by atoms with van der Waals surface area (Å²) in [6, 6.07) is 15.1. The van der Waals surface area contributed by atoms with E-state index in [9.17, 15) is 9.90 Å². The van der Waals surface area contributed by atoms with E-state index in [4.69, 9.17) is 0 Å². The first-order valence-electron chi connectivity index (χ1n) is 7.77. The van der Waals surface area contributed by atoms with E-state index in [0.717, 1.165) is 16.6 Å². The van der Waals surface area contributed by atoms with Crippen molar-refractivity contribution in [1.82, 2.24) is 4.98 Å². The molecule has 0 spiro atoms. The lowest BCUT2D eigenvalue weighted by atomic mass is 9.87. The van der Waals surface area contributed by atoms with E-state index >= 15 is 0 Å². The second kappa shape index (κ2) is 4.70. The molecular weight excluding hydrogens is 288 g/mol. The molecule has 1 amide bonds. The molecule has 0 radical (unpaired) electrons. The fourth-order valence-electron chi connectivity index (χ4n) is 3.53. The largest absolute Gasteiger partial charge is 0.372 e. The summed E-state index contributed by atoms with van der Waals surface area (Å²) in [5, 5.41) is 12.3. The number of amides is 1. The van der Waals surface area contributed by atoms with Crippen LogP contribution >= 0.6 is 0 Å². The van der Waals surface area contributed by atoms with Crippen LogP contribution in [-0.2, 0) is 10.4 Å². The number of nitrogens with one attached hydrogen (secondary N) is 1. The van der Waals surface area contributed by atoms with Crippen LogP contribution in [0.1, 0.15) is 25.0 Å². The lowest BCUT2D eigenvalue weighted by Crippen LogP contribution is -2.44. The molecule has 0 fully saturated rings. The number of anilines is 1. The van der Waals surface area contributed by atoms with E-state index in [1.165, 1.54) is 0 Å². The van der Waals surface area contributed by atoms with Gasteiger partial charge in [0.2, 0.25) is 0 Å². The standard InChI is InChI=1S/C19H18N2O2/c1-12(2)21-17-10-6-4-8-14(17)19(23,18(21)22)15-11-20-16-9-5-3-7-13(15)16/h3-12,20,23H,1-2H3/t19-/m0/s1. The van der Waals surface area contributed by atoms with Gasteiger partial charge in [-0.2, -0.15) is 0 Å². The number of aromatic amines is 1. The van der Waals surface area contributed by atoms with E-state index in [0.29, 0.717) is 11.1 Å². The second-order valence-corrected chi connectivity index (χ2v) is 6.24. The predicted octanol–water partition coefficient (Wildman–Crippen LogP) is 3.16. The normalized spacial score (nSPS) is 20.5. The second-order valence-electron chi connectivity index (χ2n) is 6.24. The summed E-state index contributed by atoms with van der Waals surface area (Å²) in [6.45, 7) is 3.91. The number of hydrogen-bond acceptors (Lipinski definition) is 2. The van der Waals surface area contributed by atoms with E-state index < -0.39 is 5.60 Å². The Morgan fingerprint density at radius 3 is 2.52 bits per heavy atom. The average Bonchev–Trinajstić information content (AvgIpc) is 3.07. The molecule has 1 aliphatic heterocycles. The number of carbonyl (C=O) groups excluding carboxylic acids is 1. The van der Waals surface area contributed by atoms with Gasteiger partial charge in [-0.15, -0.1) is 0 Å². The Labute approximate surface area is 134 Å². The number of hydrogen-bond donors (Lipinski definition) is 2. The number of aromatic nitrogens is 1. The molecule has 0 aliphatic carbocycles. The number of fused-ring (bicyclic) bond motifs is 2. The zero-order chi connectivity index (χ0) is 16.2. The molecule has 0 saturated heterocycles. The number of aliphatic hydroxyl groups is 1. The Morgan fingerprint density at radius 2 is 1.74 bits per heavy atom. The number of para-hydroxylation sites is 2. The predicted molar refractivity (Wildman–Crippen MR) is 90.4 cm³/mol. The van der Waals surface area contributed by atoms with Gasteiger partial charge < -0.3 is 15.0 Å². The lowest BCUT2D eigenvalue weighted by Gasteiger charge is -2.25. The third kappa shape index (κ3) is 1.72. The molecule has 4 rings (SSSR count). The van der Waals surface area contributed by atoms with Crippen LogP contribution in [0.5, 0.6) is 0 Å². The highest BCUT2D eigenvalue weighted by Gasteiger charge is 2.52. The number of benzene rings is 2. The van der Waals surface area contributed by atoms with Crippen molar-refractivity contribution in [3.63, 3.8) is 0 Å². The zero-order valence-corrected chi connectivity index (χ0v) is 13.1. The van der Waals surface area contributed by atoms with E-state index in [2.05, 4.69) is 4.98 Å². The summed E-state index contributed by atoms with van der Waals surface area (Å²) in [4.78, 5) is 18.0. The van der Waals surface area contributed by atoms with Crippen LogP contribution in [0.4, 0.5) is 5.69 Å². The summed E-state index contributed by atoms with van der Waals surface area (Å²) in [6.07, 6.45) is 1.74. The summed E-state index contributed by atoms with van der Waals surface area (Å²) in [7, 11) is 0. The summed E-state index contributed by atoms with van der Waals surface area (Å²) >= 11 is 0. The summed E-state index contributed by atoms with van der Waals surface area (Å²) in [5.41, 5.74) is 1.28. The van der Waals surface area contributed by atoms with Gasteiger partial charge in [0.25, 0.3) is 5.91 Å². The minimum Gasteiger partial charge on any atom is -0.372 e. The Hall–Kier alpha value is -2.59. The molecule has 0 bridgehead atoms. The molecule has 1 aromatic heterocycles. The maximum atomic E-state index is 13.1. The Morgan fingerprint density at radius 1 is 1.04 bits per heavy atom. The molecule has 0 unspecified atom stereocenters. The highest BCUT2D eigenvalue weighted by Crippen LogP contribution is 2.46. The van der Waals surface area contributed by atoms with E-state index in [-0.39, 0.29) is 11.9 Å². The number of nitrogens with zero attached hydrogens (tertiary/aromatic N) is 1. The van der Waals surface area contributed by atoms with Gasteiger partial charge in [-0.1, -0.05) is 36.4 Å². The highest BCUT2D eigenvalue weighted by atomic mass is 16.3. The van der Waals surface area contributed by atoms with Crippen LogP contribution in [-0.4, -0.2) is 22.0 Å². The molecule has 4 heteroatoms. The van der Waals surface area contributed by atoms with Crippen LogP contribution in [0, 0.1) is 0 Å². The smallest absolute Gasteiger partial charge is 0.268 e. The molecule has 2 aromatic carbocycles. The Kier molecular flexibility index (Phi) is 2.87. The van der Waals surface area contributed by atoms with Crippen molar-refractivity contribution in [2.75, 3.05) is 4.90 Å². The third-order valence-corrected chi connectivity index (χ3v) is 4.58. The fourth-order valence-corrected chi connectivity index (χ4v) is 3.53. The molecule has 3 aromatic rings. The molecule has 1 atom stereocenters. The van der Waals surface area contributed by atoms with E-state index in [1.54, 1.807) is 11.1 Å². The molecule has 23 heavy (non-hydrogen) atoms. The topological polar surface area (TPSA) is 56.3 Å². The first-order chi connectivity index (χ1) is 11.0. The number of carbonyl (C=O) groups is 1. The highest BCUT2D eigenvalue weighted by molar-refractivity contribution is 6.11. The summed E-state index contributed by atoms with van der Waals surface area (Å²) < 4.78 is 0. The van der Waals surface area contributed by atoms with Crippen molar-refractivity contribution in [3.8, 4) is 0 Å². The van der Waals surface area contributed by atoms with Crippen molar-refractivity contribution < 1.29 is 9.90 Å². The monoisotopic (exact) mass is 306 g/mol. The quantitative estimate of drug-likeness (QED) is 0.764. The van der Waals surface area contributed by atoms with Crippen LogP contribution < -0.4 is 4.90 Å². The number of rotatable bonds is 2. The molecule has 116 valence electrons. The van der Waals surface area contributed by atoms with Gasteiger partial charge in [-0.05, 0) is 26.0 Å². The van der Waals surface area contributed by atoms with Crippen LogP contribution in [0.2, 0.25) is 0 Å². The SMILES string of the molecule is CC(C)N1C(=O)[C@@](O)(c2c[nH]c3ccccc23)c2ccccc21. The van der Waals surface area contributed by atoms with Crippen molar-refractivity contribution in [2.24, 2.45) is 0 Å². The van der Waals surface area contributed by atoms with Gasteiger partial charge in [-0.25, -0.2) is 0 Å². The maximum Gasteiger partial charge on any atom is 0.268 e. The first kappa shape index (κ1) is 14.0. The maximum absolute atomic E-state index is 13.1.